The number of aromatic nitrogens is 1. The number of hydrogen-bond donors (Lipinski definition) is 0. The van der Waals surface area contributed by atoms with Gasteiger partial charge in [-0.05, 0) is 42.8 Å². The van der Waals surface area contributed by atoms with Gasteiger partial charge in [0.1, 0.15) is 5.75 Å². The Bertz CT molecular complexity index is 1100. The smallest absolute Gasteiger partial charge is 0.252 e. The molecule has 0 fully saturated rings. The molecule has 0 N–H and O–H groups in total. The Labute approximate surface area is 172 Å². The van der Waals surface area contributed by atoms with Crippen molar-refractivity contribution in [1.29, 1.82) is 0 Å². The lowest BCUT2D eigenvalue weighted by atomic mass is 10.1. The van der Waals surface area contributed by atoms with Crippen LogP contribution in [0.25, 0.3) is 10.2 Å². The molecule has 2 heterocycles. The molecule has 0 saturated heterocycles. The minimum absolute atomic E-state index is 0.194. The molecule has 3 aromatic rings. The van der Waals surface area contributed by atoms with Gasteiger partial charge in [-0.2, -0.15) is 4.99 Å². The van der Waals surface area contributed by atoms with E-state index in [1.54, 1.807) is 7.11 Å². The first-order chi connectivity index (χ1) is 14.2. The molecular weight excluding hydrogens is 392 g/mol. The van der Waals surface area contributed by atoms with Gasteiger partial charge in [0.05, 0.1) is 30.4 Å². The number of thiazole rings is 1. The fourth-order valence-electron chi connectivity index (χ4n) is 3.15. The standard InChI is InChI=1S/C21H22N2O5S/c1-3-26-9-8-23-16-6-5-15(25-2)12-19(16)29-21(23)22-20(24)11-14-4-7-17-18(10-14)28-13-27-17/h4-7,10,12H,3,8-9,11,13H2,1-2H3. The van der Waals surface area contributed by atoms with Gasteiger partial charge in [0.2, 0.25) is 6.79 Å². The van der Waals surface area contributed by atoms with Gasteiger partial charge in [-0.15, -0.1) is 0 Å². The molecule has 0 saturated carbocycles. The highest BCUT2D eigenvalue weighted by Gasteiger charge is 2.15. The monoisotopic (exact) mass is 414 g/mol. The quantitative estimate of drug-likeness (QED) is 0.556. The van der Waals surface area contributed by atoms with Crippen molar-refractivity contribution < 1.29 is 23.7 Å². The van der Waals surface area contributed by atoms with Crippen molar-refractivity contribution in [2.75, 3.05) is 27.1 Å². The molecule has 152 valence electrons. The molecule has 2 aromatic carbocycles. The van der Waals surface area contributed by atoms with E-state index in [1.807, 2.05) is 47.9 Å². The highest BCUT2D eigenvalue weighted by atomic mass is 32.1. The third-order valence-corrected chi connectivity index (χ3v) is 5.61. The summed E-state index contributed by atoms with van der Waals surface area (Å²) in [6, 6.07) is 11.4. The van der Waals surface area contributed by atoms with E-state index in [0.29, 0.717) is 36.1 Å². The summed E-state index contributed by atoms with van der Waals surface area (Å²) >= 11 is 1.47. The molecule has 1 aliphatic rings. The van der Waals surface area contributed by atoms with Crippen LogP contribution in [0.4, 0.5) is 0 Å². The second-order valence-corrected chi connectivity index (χ2v) is 7.45. The topological polar surface area (TPSA) is 71.3 Å². The molecule has 29 heavy (non-hydrogen) atoms. The zero-order valence-electron chi connectivity index (χ0n) is 16.3. The van der Waals surface area contributed by atoms with Crippen LogP contribution >= 0.6 is 11.3 Å². The highest BCUT2D eigenvalue weighted by molar-refractivity contribution is 7.16. The van der Waals surface area contributed by atoms with Crippen LogP contribution in [-0.4, -0.2) is 37.6 Å². The summed E-state index contributed by atoms with van der Waals surface area (Å²) in [6.07, 6.45) is 0.194. The molecule has 1 amide bonds. The molecule has 0 bridgehead atoms. The van der Waals surface area contributed by atoms with Crippen LogP contribution in [0, 0.1) is 0 Å². The number of fused-ring (bicyclic) bond motifs is 2. The number of nitrogens with zero attached hydrogens (tertiary/aromatic N) is 2. The average Bonchev–Trinajstić information content (AvgIpc) is 3.31. The Balaban J connectivity index is 1.64. The van der Waals surface area contributed by atoms with Crippen LogP contribution in [0.15, 0.2) is 41.4 Å². The molecule has 0 unspecified atom stereocenters. The van der Waals surface area contributed by atoms with Crippen molar-refractivity contribution in [3.8, 4) is 17.2 Å². The second-order valence-electron chi connectivity index (χ2n) is 6.44. The molecule has 8 heteroatoms. The molecule has 7 nitrogen and oxygen atoms in total. The van der Waals surface area contributed by atoms with E-state index in [2.05, 4.69) is 4.99 Å². The van der Waals surface area contributed by atoms with E-state index >= 15 is 0 Å². The Morgan fingerprint density at radius 3 is 2.90 bits per heavy atom. The lowest BCUT2D eigenvalue weighted by molar-refractivity contribution is -0.117. The van der Waals surface area contributed by atoms with E-state index in [4.69, 9.17) is 18.9 Å². The fourth-order valence-corrected chi connectivity index (χ4v) is 4.26. The number of rotatable bonds is 7. The third-order valence-electron chi connectivity index (χ3n) is 4.57. The van der Waals surface area contributed by atoms with Crippen molar-refractivity contribution in [3.05, 3.63) is 46.8 Å². The first-order valence-electron chi connectivity index (χ1n) is 9.39. The number of ether oxygens (including phenoxy) is 4. The zero-order valence-corrected chi connectivity index (χ0v) is 17.2. The molecular formula is C21H22N2O5S. The second kappa shape index (κ2) is 8.67. The van der Waals surface area contributed by atoms with E-state index in [0.717, 1.165) is 21.5 Å². The van der Waals surface area contributed by atoms with E-state index < -0.39 is 0 Å². The normalized spacial score (nSPS) is 13.2. The SMILES string of the molecule is CCOCCn1c(=NC(=O)Cc2ccc3c(c2)OCO3)sc2cc(OC)ccc21. The van der Waals surface area contributed by atoms with E-state index in [1.165, 1.54) is 11.3 Å². The zero-order chi connectivity index (χ0) is 20.2. The summed E-state index contributed by atoms with van der Waals surface area (Å²) in [6.45, 7) is 3.99. The predicted octanol–water partition coefficient (Wildman–Crippen LogP) is 3.15. The Hall–Kier alpha value is -2.84. The number of methoxy groups -OCH3 is 1. The maximum absolute atomic E-state index is 12.7. The van der Waals surface area contributed by atoms with Gasteiger partial charge >= 0.3 is 0 Å². The number of benzene rings is 2. The summed E-state index contributed by atoms with van der Waals surface area (Å²) in [5.74, 6) is 1.92. The first-order valence-corrected chi connectivity index (χ1v) is 10.2. The predicted molar refractivity (Wildman–Crippen MR) is 110 cm³/mol. The van der Waals surface area contributed by atoms with Gasteiger partial charge in [0.15, 0.2) is 16.3 Å². The van der Waals surface area contributed by atoms with Gasteiger partial charge < -0.3 is 23.5 Å². The third kappa shape index (κ3) is 4.28. The van der Waals surface area contributed by atoms with Crippen LogP contribution in [0.3, 0.4) is 0 Å². The summed E-state index contributed by atoms with van der Waals surface area (Å²) in [5.41, 5.74) is 1.84. The van der Waals surface area contributed by atoms with E-state index in [-0.39, 0.29) is 19.1 Å². The largest absolute Gasteiger partial charge is 0.497 e. The highest BCUT2D eigenvalue weighted by Crippen LogP contribution is 2.32. The number of carbonyl (C=O) groups excluding carboxylic acids is 1. The van der Waals surface area contributed by atoms with Gasteiger partial charge in [-0.1, -0.05) is 17.4 Å². The number of hydrogen-bond acceptors (Lipinski definition) is 6. The van der Waals surface area contributed by atoms with E-state index in [9.17, 15) is 4.79 Å². The molecule has 0 atom stereocenters. The molecule has 0 spiro atoms. The molecule has 4 rings (SSSR count). The van der Waals surface area contributed by atoms with Crippen LogP contribution in [0.2, 0.25) is 0 Å². The average molecular weight is 414 g/mol. The van der Waals surface area contributed by atoms with Crippen molar-refractivity contribution in [3.63, 3.8) is 0 Å². The summed E-state index contributed by atoms with van der Waals surface area (Å²) in [7, 11) is 1.64. The Morgan fingerprint density at radius 1 is 1.21 bits per heavy atom. The lowest BCUT2D eigenvalue weighted by Crippen LogP contribution is -2.20. The minimum atomic E-state index is -0.215. The first kappa shape index (κ1) is 19.5. The fraction of sp³-hybridized carbons (Fsp3) is 0.333. The molecule has 0 radical (unpaired) electrons. The molecule has 1 aliphatic heterocycles. The van der Waals surface area contributed by atoms with Crippen LogP contribution in [0.5, 0.6) is 17.2 Å². The van der Waals surface area contributed by atoms with Crippen LogP contribution < -0.4 is 19.0 Å². The number of amides is 1. The Morgan fingerprint density at radius 2 is 2.07 bits per heavy atom. The number of carbonyl (C=O) groups is 1. The maximum atomic E-state index is 12.7. The molecule has 1 aromatic heterocycles. The van der Waals surface area contributed by atoms with Crippen molar-refractivity contribution in [1.82, 2.24) is 4.57 Å². The van der Waals surface area contributed by atoms with Crippen molar-refractivity contribution in [2.45, 2.75) is 19.9 Å². The summed E-state index contributed by atoms with van der Waals surface area (Å²) in [5, 5.41) is 0. The van der Waals surface area contributed by atoms with Gasteiger partial charge in [-0.25, -0.2) is 0 Å². The van der Waals surface area contributed by atoms with Crippen molar-refractivity contribution in [2.24, 2.45) is 4.99 Å². The Kier molecular flexibility index (Phi) is 5.82. The minimum Gasteiger partial charge on any atom is -0.497 e. The summed E-state index contributed by atoms with van der Waals surface area (Å²) < 4.78 is 24.6. The van der Waals surface area contributed by atoms with Crippen molar-refractivity contribution >= 4 is 27.5 Å². The summed E-state index contributed by atoms with van der Waals surface area (Å²) in [4.78, 5) is 17.7. The maximum Gasteiger partial charge on any atom is 0.252 e. The molecule has 0 aliphatic carbocycles. The lowest BCUT2D eigenvalue weighted by Gasteiger charge is -2.06. The van der Waals surface area contributed by atoms with Crippen LogP contribution in [0.1, 0.15) is 12.5 Å². The van der Waals surface area contributed by atoms with Gasteiger partial charge in [0, 0.05) is 13.2 Å². The van der Waals surface area contributed by atoms with Crippen LogP contribution in [-0.2, 0) is 22.5 Å². The van der Waals surface area contributed by atoms with Gasteiger partial charge in [-0.3, -0.25) is 4.79 Å². The van der Waals surface area contributed by atoms with Gasteiger partial charge in [0.25, 0.3) is 5.91 Å².